The Bertz CT molecular complexity index is 907. The highest BCUT2D eigenvalue weighted by atomic mass is 19.1. The lowest BCUT2D eigenvalue weighted by atomic mass is 10.0. The first-order valence-electron chi connectivity index (χ1n) is 7.02. The Hall–Kier alpha value is -2.95. The maximum Gasteiger partial charge on any atom is 0.151 e. The third kappa shape index (κ3) is 2.99. The molecule has 0 aliphatic heterocycles. The lowest BCUT2D eigenvalue weighted by Gasteiger charge is -2.09. The molecule has 0 bridgehead atoms. The number of hydrogen-bond acceptors (Lipinski definition) is 3. The molecule has 2 N–H and O–H groups in total. The molecule has 3 rings (SSSR count). The van der Waals surface area contributed by atoms with Crippen LogP contribution in [0, 0.1) is 11.6 Å². The summed E-state index contributed by atoms with van der Waals surface area (Å²) in [5.74, 6) is -1.27. The maximum absolute atomic E-state index is 13.6. The van der Waals surface area contributed by atoms with E-state index in [0.717, 1.165) is 17.5 Å². The fourth-order valence-electron chi connectivity index (χ4n) is 2.33. The van der Waals surface area contributed by atoms with Crippen LogP contribution in [0.5, 0.6) is 5.75 Å². The Morgan fingerprint density at radius 2 is 1.83 bits per heavy atom. The third-order valence-electron chi connectivity index (χ3n) is 3.57. The molecular weight excluding hydrogens is 298 g/mol. The van der Waals surface area contributed by atoms with Crippen molar-refractivity contribution in [3.8, 4) is 5.75 Å². The zero-order chi connectivity index (χ0) is 16.4. The van der Waals surface area contributed by atoms with Crippen LogP contribution in [0.25, 0.3) is 10.8 Å². The lowest BCUT2D eigenvalue weighted by molar-refractivity contribution is 0.480. The molecule has 3 aromatic carbocycles. The zero-order valence-corrected chi connectivity index (χ0v) is 12.3. The number of anilines is 1. The quantitative estimate of drug-likeness (QED) is 0.546. The first kappa shape index (κ1) is 15.0. The minimum atomic E-state index is -0.732. The van der Waals surface area contributed by atoms with Crippen molar-refractivity contribution in [2.45, 2.75) is 6.92 Å². The summed E-state index contributed by atoms with van der Waals surface area (Å²) >= 11 is 0. The summed E-state index contributed by atoms with van der Waals surface area (Å²) in [4.78, 5) is 0. The van der Waals surface area contributed by atoms with Gasteiger partial charge in [-0.2, -0.15) is 5.10 Å². The molecule has 3 aromatic rings. The molecule has 0 aromatic heterocycles. The number of benzene rings is 3. The number of hydrogen-bond donors (Lipinski definition) is 2. The minimum absolute atomic E-state index is 0.0611. The summed E-state index contributed by atoms with van der Waals surface area (Å²) in [6, 6.07) is 14.3. The number of rotatable bonds is 3. The second-order valence-electron chi connectivity index (χ2n) is 5.12. The van der Waals surface area contributed by atoms with E-state index in [9.17, 15) is 13.9 Å². The van der Waals surface area contributed by atoms with Gasteiger partial charge in [0.15, 0.2) is 5.82 Å². The van der Waals surface area contributed by atoms with E-state index in [0.29, 0.717) is 16.7 Å². The van der Waals surface area contributed by atoms with E-state index in [4.69, 9.17) is 0 Å². The summed E-state index contributed by atoms with van der Waals surface area (Å²) in [5.41, 5.74) is 3.63. The third-order valence-corrected chi connectivity index (χ3v) is 3.57. The van der Waals surface area contributed by atoms with Crippen LogP contribution in [0.2, 0.25) is 0 Å². The number of nitrogens with one attached hydrogen (secondary N) is 1. The predicted octanol–water partition coefficient (Wildman–Crippen LogP) is 4.66. The Labute approximate surface area is 131 Å². The molecule has 0 saturated heterocycles. The molecule has 0 aliphatic rings. The Morgan fingerprint density at radius 3 is 2.61 bits per heavy atom. The van der Waals surface area contributed by atoms with Crippen molar-refractivity contribution in [2.24, 2.45) is 5.10 Å². The summed E-state index contributed by atoms with van der Waals surface area (Å²) < 4.78 is 26.4. The molecule has 0 radical (unpaired) electrons. The number of aromatic hydroxyl groups is 1. The van der Waals surface area contributed by atoms with Crippen molar-refractivity contribution < 1.29 is 13.9 Å². The number of nitrogens with zero attached hydrogens (tertiary/aromatic N) is 1. The lowest BCUT2D eigenvalue weighted by Crippen LogP contribution is -2.01. The number of fused-ring (bicyclic) bond motifs is 1. The molecule has 116 valence electrons. The van der Waals surface area contributed by atoms with E-state index in [1.165, 1.54) is 6.07 Å². The Kier molecular flexibility index (Phi) is 3.93. The molecule has 0 unspecified atom stereocenters. The zero-order valence-electron chi connectivity index (χ0n) is 12.3. The topological polar surface area (TPSA) is 44.6 Å². The molecular formula is C18H14F2N2O. The van der Waals surface area contributed by atoms with Gasteiger partial charge in [0.1, 0.15) is 11.6 Å². The molecule has 0 spiro atoms. The van der Waals surface area contributed by atoms with Crippen LogP contribution in [0.3, 0.4) is 0 Å². The highest BCUT2D eigenvalue weighted by Gasteiger charge is 2.09. The predicted molar refractivity (Wildman–Crippen MR) is 87.8 cm³/mol. The van der Waals surface area contributed by atoms with Gasteiger partial charge in [-0.3, -0.25) is 5.43 Å². The Balaban J connectivity index is 1.93. The van der Waals surface area contributed by atoms with Gasteiger partial charge in [0.2, 0.25) is 0 Å². The largest absolute Gasteiger partial charge is 0.507 e. The fourth-order valence-corrected chi connectivity index (χ4v) is 2.33. The van der Waals surface area contributed by atoms with Gasteiger partial charge < -0.3 is 5.11 Å². The summed E-state index contributed by atoms with van der Waals surface area (Å²) in [6.45, 7) is 1.69. The SMILES string of the molecule is CC(=NNc1ccc(F)cc1F)c1ccc2ccccc2c1O. The normalized spacial score (nSPS) is 11.7. The van der Waals surface area contributed by atoms with Crippen LogP contribution >= 0.6 is 0 Å². The molecule has 3 nitrogen and oxygen atoms in total. The molecule has 0 amide bonds. The molecule has 0 saturated carbocycles. The number of phenols is 1. The van der Waals surface area contributed by atoms with Gasteiger partial charge in [0.25, 0.3) is 0 Å². The highest BCUT2D eigenvalue weighted by molar-refractivity contribution is 6.06. The van der Waals surface area contributed by atoms with Crippen molar-refractivity contribution in [3.05, 3.63) is 71.8 Å². The van der Waals surface area contributed by atoms with E-state index in [1.54, 1.807) is 13.0 Å². The standard InChI is InChI=1S/C18H14F2N2O/c1-11(21-22-17-9-7-13(19)10-16(17)20)14-8-6-12-4-2-3-5-15(12)18(14)23/h2-10,22-23H,1H3. The maximum atomic E-state index is 13.6. The van der Waals surface area contributed by atoms with Crippen molar-refractivity contribution in [1.82, 2.24) is 0 Å². The summed E-state index contributed by atoms with van der Waals surface area (Å²) in [6.07, 6.45) is 0. The number of hydrazone groups is 1. The first-order chi connectivity index (χ1) is 11.1. The van der Waals surface area contributed by atoms with Crippen molar-refractivity contribution >= 4 is 22.2 Å². The molecule has 0 atom stereocenters. The fraction of sp³-hybridized carbons (Fsp3) is 0.0556. The van der Waals surface area contributed by atoms with Gasteiger partial charge >= 0.3 is 0 Å². The highest BCUT2D eigenvalue weighted by Crippen LogP contribution is 2.29. The average Bonchev–Trinajstić information content (AvgIpc) is 2.54. The van der Waals surface area contributed by atoms with Crippen LogP contribution in [-0.4, -0.2) is 10.8 Å². The second-order valence-corrected chi connectivity index (χ2v) is 5.12. The average molecular weight is 312 g/mol. The van der Waals surface area contributed by atoms with Gasteiger partial charge in [0.05, 0.1) is 11.4 Å². The van der Waals surface area contributed by atoms with Crippen LogP contribution in [0.15, 0.2) is 59.7 Å². The molecule has 0 aliphatic carbocycles. The van der Waals surface area contributed by atoms with Crippen LogP contribution in [-0.2, 0) is 0 Å². The smallest absolute Gasteiger partial charge is 0.151 e. The van der Waals surface area contributed by atoms with Crippen molar-refractivity contribution in [1.29, 1.82) is 0 Å². The minimum Gasteiger partial charge on any atom is -0.507 e. The van der Waals surface area contributed by atoms with Gasteiger partial charge in [-0.05, 0) is 30.5 Å². The molecule has 0 fully saturated rings. The summed E-state index contributed by atoms with van der Waals surface area (Å²) in [5, 5.41) is 16.1. The van der Waals surface area contributed by atoms with E-state index in [2.05, 4.69) is 10.5 Å². The van der Waals surface area contributed by atoms with Crippen LogP contribution in [0.1, 0.15) is 12.5 Å². The van der Waals surface area contributed by atoms with E-state index < -0.39 is 11.6 Å². The number of phenolic OH excluding ortho intramolecular Hbond substituents is 1. The Morgan fingerprint density at radius 1 is 1.04 bits per heavy atom. The van der Waals surface area contributed by atoms with E-state index in [1.807, 2.05) is 30.3 Å². The summed E-state index contributed by atoms with van der Waals surface area (Å²) in [7, 11) is 0. The molecule has 0 heterocycles. The van der Waals surface area contributed by atoms with Crippen molar-refractivity contribution in [2.75, 3.05) is 5.43 Å². The van der Waals surface area contributed by atoms with Gasteiger partial charge in [0, 0.05) is 17.0 Å². The van der Waals surface area contributed by atoms with Crippen LogP contribution in [0.4, 0.5) is 14.5 Å². The molecule has 23 heavy (non-hydrogen) atoms. The number of halogens is 2. The van der Waals surface area contributed by atoms with Gasteiger partial charge in [-0.15, -0.1) is 0 Å². The van der Waals surface area contributed by atoms with E-state index >= 15 is 0 Å². The first-order valence-corrected chi connectivity index (χ1v) is 7.02. The van der Waals surface area contributed by atoms with Gasteiger partial charge in [-0.25, -0.2) is 8.78 Å². The van der Waals surface area contributed by atoms with Crippen molar-refractivity contribution in [3.63, 3.8) is 0 Å². The van der Waals surface area contributed by atoms with Crippen LogP contribution < -0.4 is 5.43 Å². The molecule has 5 heteroatoms. The monoisotopic (exact) mass is 312 g/mol. The second kappa shape index (κ2) is 6.04. The van der Waals surface area contributed by atoms with E-state index in [-0.39, 0.29) is 11.4 Å². The van der Waals surface area contributed by atoms with Gasteiger partial charge in [-0.1, -0.05) is 30.3 Å².